The maximum Gasteiger partial charge on any atom is 0.222 e. The quantitative estimate of drug-likeness (QED) is 0.567. The molecule has 1 aromatic rings. The molecule has 7 nitrogen and oxygen atoms in total. The number of aliphatic imine (C=N–C) groups is 1. The van der Waals surface area contributed by atoms with E-state index in [1.807, 2.05) is 19.9 Å². The molecule has 0 unspecified atom stereocenters. The molecule has 0 amide bonds. The third-order valence-electron chi connectivity index (χ3n) is 3.35. The van der Waals surface area contributed by atoms with E-state index < -0.39 is 0 Å². The lowest BCUT2D eigenvalue weighted by atomic mass is 10.1. The first kappa shape index (κ1) is 19.9. The number of nitrogens with zero attached hydrogens (tertiary/aromatic N) is 3. The second-order valence-corrected chi connectivity index (χ2v) is 5.81. The van der Waals surface area contributed by atoms with Crippen molar-refractivity contribution in [2.75, 3.05) is 31.3 Å². The van der Waals surface area contributed by atoms with E-state index in [1.165, 1.54) is 0 Å². The van der Waals surface area contributed by atoms with Crippen molar-refractivity contribution in [2.45, 2.75) is 46.1 Å². The molecule has 0 aliphatic carbocycles. The summed E-state index contributed by atoms with van der Waals surface area (Å²) in [6.45, 7) is 6.55. The summed E-state index contributed by atoms with van der Waals surface area (Å²) in [6, 6.07) is 0.105. The Morgan fingerprint density at radius 1 is 1.46 bits per heavy atom. The number of hydrogen-bond acceptors (Lipinski definition) is 7. The molecule has 0 spiro atoms. The van der Waals surface area contributed by atoms with Crippen LogP contribution in [-0.4, -0.2) is 47.1 Å². The monoisotopic (exact) mass is 335 g/mol. The van der Waals surface area contributed by atoms with Crippen LogP contribution in [0, 0.1) is 0 Å². The summed E-state index contributed by atoms with van der Waals surface area (Å²) in [5.41, 5.74) is 7.68. The van der Waals surface area contributed by atoms with Crippen LogP contribution < -0.4 is 15.8 Å². The average molecular weight is 335 g/mol. The van der Waals surface area contributed by atoms with Crippen LogP contribution in [0.2, 0.25) is 0 Å². The Kier molecular flexibility index (Phi) is 8.78. The second kappa shape index (κ2) is 10.6. The summed E-state index contributed by atoms with van der Waals surface area (Å²) in [7, 11) is 1.73. The maximum atomic E-state index is 9.21. The fourth-order valence-corrected chi connectivity index (χ4v) is 2.24. The van der Waals surface area contributed by atoms with Gasteiger partial charge in [0.25, 0.3) is 0 Å². The molecule has 0 saturated heterocycles. The van der Waals surface area contributed by atoms with Crippen molar-refractivity contribution in [1.82, 2.24) is 9.97 Å². The zero-order chi connectivity index (χ0) is 17.9. The third kappa shape index (κ3) is 6.95. The molecule has 0 radical (unpaired) electrons. The smallest absolute Gasteiger partial charge is 0.222 e. The molecule has 1 heterocycles. The number of aliphatic hydroxyl groups is 1. The average Bonchev–Trinajstić information content (AvgIpc) is 2.53. The van der Waals surface area contributed by atoms with E-state index >= 15 is 0 Å². The maximum absolute atomic E-state index is 9.21. The summed E-state index contributed by atoms with van der Waals surface area (Å²) < 4.78 is 5.82. The van der Waals surface area contributed by atoms with E-state index in [9.17, 15) is 5.11 Å². The highest BCUT2D eigenvalue weighted by Crippen LogP contribution is 2.24. The Balaban J connectivity index is 2.89. The fourth-order valence-electron chi connectivity index (χ4n) is 2.24. The number of rotatable bonds is 10. The van der Waals surface area contributed by atoms with E-state index in [-0.39, 0.29) is 18.6 Å². The van der Waals surface area contributed by atoms with Crippen molar-refractivity contribution in [3.63, 3.8) is 0 Å². The van der Waals surface area contributed by atoms with Gasteiger partial charge in [-0.05, 0) is 32.8 Å². The van der Waals surface area contributed by atoms with E-state index in [4.69, 9.17) is 10.5 Å². The molecule has 0 aliphatic rings. The van der Waals surface area contributed by atoms with Crippen LogP contribution >= 0.6 is 0 Å². The topological polar surface area (TPSA) is 106 Å². The Hall–Kier alpha value is -2.15. The van der Waals surface area contributed by atoms with Crippen molar-refractivity contribution >= 4 is 17.5 Å². The van der Waals surface area contributed by atoms with Crippen LogP contribution in [0.5, 0.6) is 5.75 Å². The standard InChI is InChI=1S/C17H29N5O2/c1-5-6-13(7-8-23)21-16-15(10-20-17(18)22-16)24-11-14(19-4)9-12(2)3/h9-10,13,23H,5-8,11H2,1-4H3,(H3,18,20,21,22)/t13-/m0/s1. The van der Waals surface area contributed by atoms with Crippen LogP contribution in [0.4, 0.5) is 11.8 Å². The second-order valence-electron chi connectivity index (χ2n) is 5.81. The van der Waals surface area contributed by atoms with E-state index in [2.05, 4.69) is 27.2 Å². The number of nitrogen functional groups attached to an aromatic ring is 1. The molecule has 24 heavy (non-hydrogen) atoms. The Bertz CT molecular complexity index is 562. The van der Waals surface area contributed by atoms with Crippen molar-refractivity contribution < 1.29 is 9.84 Å². The van der Waals surface area contributed by atoms with Gasteiger partial charge in [-0.1, -0.05) is 18.9 Å². The molecule has 0 aliphatic heterocycles. The normalized spacial score (nSPS) is 12.6. The molecule has 134 valence electrons. The molecule has 1 atom stereocenters. The van der Waals surface area contributed by atoms with Crippen molar-refractivity contribution in [2.24, 2.45) is 4.99 Å². The lowest BCUT2D eigenvalue weighted by Crippen LogP contribution is -2.22. The molecule has 7 heteroatoms. The van der Waals surface area contributed by atoms with Crippen molar-refractivity contribution in [3.8, 4) is 5.75 Å². The first-order valence-electron chi connectivity index (χ1n) is 8.23. The Morgan fingerprint density at radius 3 is 2.79 bits per heavy atom. The number of nitrogens with two attached hydrogens (primary N) is 1. The molecule has 0 bridgehead atoms. The van der Waals surface area contributed by atoms with Gasteiger partial charge in [0.05, 0.1) is 11.9 Å². The van der Waals surface area contributed by atoms with Gasteiger partial charge in [-0.3, -0.25) is 4.99 Å². The number of allylic oxidation sites excluding steroid dienone is 1. The minimum absolute atomic E-state index is 0.105. The molecule has 0 fully saturated rings. The molecular formula is C17H29N5O2. The largest absolute Gasteiger partial charge is 0.482 e. The molecule has 0 saturated carbocycles. The number of nitrogens with one attached hydrogen (secondary N) is 1. The third-order valence-corrected chi connectivity index (χ3v) is 3.35. The van der Waals surface area contributed by atoms with Crippen molar-refractivity contribution in [3.05, 3.63) is 17.8 Å². The molecule has 1 rings (SSSR count). The van der Waals surface area contributed by atoms with Gasteiger partial charge in [0.2, 0.25) is 5.95 Å². The lowest BCUT2D eigenvalue weighted by Gasteiger charge is -2.19. The van der Waals surface area contributed by atoms with E-state index in [0.717, 1.165) is 24.1 Å². The molecule has 4 N–H and O–H groups in total. The fraction of sp³-hybridized carbons (Fsp3) is 0.588. The lowest BCUT2D eigenvalue weighted by molar-refractivity contribution is 0.276. The Labute approximate surface area is 144 Å². The van der Waals surface area contributed by atoms with Gasteiger partial charge in [-0.25, -0.2) is 4.98 Å². The minimum Gasteiger partial charge on any atom is -0.482 e. The number of aliphatic hydroxyl groups excluding tert-OH is 1. The summed E-state index contributed by atoms with van der Waals surface area (Å²) >= 11 is 0. The highest BCUT2D eigenvalue weighted by Gasteiger charge is 2.13. The zero-order valence-electron chi connectivity index (χ0n) is 15.0. The molecule has 0 aromatic carbocycles. The van der Waals surface area contributed by atoms with E-state index in [1.54, 1.807) is 13.2 Å². The number of aromatic nitrogens is 2. The van der Waals surface area contributed by atoms with Gasteiger partial charge in [0.15, 0.2) is 11.6 Å². The van der Waals surface area contributed by atoms with Gasteiger partial charge in [-0.2, -0.15) is 4.98 Å². The molecular weight excluding hydrogens is 306 g/mol. The van der Waals surface area contributed by atoms with E-state index in [0.29, 0.717) is 24.6 Å². The first-order valence-corrected chi connectivity index (χ1v) is 8.23. The number of anilines is 2. The highest BCUT2D eigenvalue weighted by atomic mass is 16.5. The highest BCUT2D eigenvalue weighted by molar-refractivity contribution is 5.96. The predicted octanol–water partition coefficient (Wildman–Crippen LogP) is 2.44. The minimum atomic E-state index is 0.105. The van der Waals surface area contributed by atoms with Gasteiger partial charge >= 0.3 is 0 Å². The van der Waals surface area contributed by atoms with Gasteiger partial charge in [-0.15, -0.1) is 0 Å². The Morgan fingerprint density at radius 2 is 2.21 bits per heavy atom. The van der Waals surface area contributed by atoms with Crippen LogP contribution in [0.25, 0.3) is 0 Å². The van der Waals surface area contributed by atoms with Gasteiger partial charge in [0.1, 0.15) is 6.61 Å². The van der Waals surface area contributed by atoms with Crippen molar-refractivity contribution in [1.29, 1.82) is 0 Å². The summed E-state index contributed by atoms with van der Waals surface area (Å²) in [5.74, 6) is 1.24. The first-order chi connectivity index (χ1) is 11.5. The number of hydrogen-bond donors (Lipinski definition) is 3. The summed E-state index contributed by atoms with van der Waals surface area (Å²) in [5, 5.41) is 12.5. The zero-order valence-corrected chi connectivity index (χ0v) is 15.0. The molecule has 1 aromatic heterocycles. The van der Waals surface area contributed by atoms with Crippen LogP contribution in [0.3, 0.4) is 0 Å². The van der Waals surface area contributed by atoms with Gasteiger partial charge < -0.3 is 20.9 Å². The summed E-state index contributed by atoms with van der Waals surface area (Å²) in [4.78, 5) is 12.4. The number of ether oxygens (including phenoxy) is 1. The van der Waals surface area contributed by atoms with Crippen LogP contribution in [0.15, 0.2) is 22.8 Å². The van der Waals surface area contributed by atoms with Gasteiger partial charge in [0, 0.05) is 19.7 Å². The predicted molar refractivity (Wildman–Crippen MR) is 98.8 cm³/mol. The summed E-state index contributed by atoms with van der Waals surface area (Å²) in [6.07, 6.45) is 6.08. The van der Waals surface area contributed by atoms with Crippen LogP contribution in [-0.2, 0) is 0 Å². The SMILES string of the molecule is CCC[C@@H](CCO)Nc1nc(N)ncc1OCC(C=C(C)C)=NC. The van der Waals surface area contributed by atoms with Crippen LogP contribution in [0.1, 0.15) is 40.0 Å².